The fourth-order valence-corrected chi connectivity index (χ4v) is 2.68. The van der Waals surface area contributed by atoms with Gasteiger partial charge in [-0.05, 0) is 50.2 Å². The number of aliphatic imine (C=N–C) groups is 2. The zero-order chi connectivity index (χ0) is 17.2. The van der Waals surface area contributed by atoms with Gasteiger partial charge in [-0.1, -0.05) is 35.4 Å². The van der Waals surface area contributed by atoms with Crippen LogP contribution in [0.5, 0.6) is 0 Å². The maximum Gasteiger partial charge on any atom is 0.164 e. The van der Waals surface area contributed by atoms with E-state index >= 15 is 0 Å². The first-order valence-electron chi connectivity index (χ1n) is 8.22. The summed E-state index contributed by atoms with van der Waals surface area (Å²) in [6.45, 7) is 4.13. The van der Waals surface area contributed by atoms with E-state index in [0.717, 1.165) is 28.5 Å². The average Bonchev–Trinajstić information content (AvgIpc) is 2.97. The van der Waals surface area contributed by atoms with Gasteiger partial charge in [0.2, 0.25) is 0 Å². The van der Waals surface area contributed by atoms with Gasteiger partial charge in [-0.15, -0.1) is 0 Å². The summed E-state index contributed by atoms with van der Waals surface area (Å²) in [5, 5.41) is 3.36. The third-order valence-electron chi connectivity index (χ3n) is 4.07. The minimum Gasteiger partial charge on any atom is -0.338 e. The van der Waals surface area contributed by atoms with Crippen molar-refractivity contribution in [2.24, 2.45) is 9.98 Å². The van der Waals surface area contributed by atoms with Crippen molar-refractivity contribution < 1.29 is 0 Å². The largest absolute Gasteiger partial charge is 0.338 e. The summed E-state index contributed by atoms with van der Waals surface area (Å²) in [5.41, 5.74) is 6.07. The number of hydrogen-bond acceptors (Lipinski definition) is 3. The second-order valence-electron chi connectivity index (χ2n) is 6.12. The van der Waals surface area contributed by atoms with Crippen molar-refractivity contribution in [1.29, 1.82) is 0 Å². The Hall–Kier alpha value is -3.27. The van der Waals surface area contributed by atoms with Crippen LogP contribution in [0, 0.1) is 13.8 Å². The Bertz CT molecular complexity index is 968. The van der Waals surface area contributed by atoms with Crippen LogP contribution >= 0.6 is 0 Å². The molecule has 1 aliphatic rings. The molecule has 4 nitrogen and oxygen atoms in total. The van der Waals surface area contributed by atoms with Crippen molar-refractivity contribution in [3.63, 3.8) is 0 Å². The van der Waals surface area contributed by atoms with Crippen LogP contribution in [0.2, 0.25) is 0 Å². The molecule has 2 heterocycles. The lowest BCUT2D eigenvalue weighted by atomic mass is 10.2. The van der Waals surface area contributed by atoms with E-state index < -0.39 is 0 Å². The van der Waals surface area contributed by atoms with Crippen LogP contribution in [0.15, 0.2) is 76.8 Å². The molecule has 0 spiro atoms. The van der Waals surface area contributed by atoms with E-state index in [0.29, 0.717) is 5.84 Å². The Morgan fingerprint density at radius 1 is 0.840 bits per heavy atom. The Kier molecular flexibility index (Phi) is 3.86. The van der Waals surface area contributed by atoms with Crippen LogP contribution in [0.1, 0.15) is 22.4 Å². The van der Waals surface area contributed by atoms with Gasteiger partial charge in [0.15, 0.2) is 11.7 Å². The van der Waals surface area contributed by atoms with E-state index in [-0.39, 0.29) is 0 Å². The van der Waals surface area contributed by atoms with Crippen LogP contribution in [0.4, 0.5) is 11.4 Å². The van der Waals surface area contributed by atoms with Crippen LogP contribution in [0.25, 0.3) is 0 Å². The summed E-state index contributed by atoms with van der Waals surface area (Å²) < 4.78 is 0. The Labute approximate surface area is 147 Å². The lowest BCUT2D eigenvalue weighted by molar-refractivity contribution is 1.29. The first kappa shape index (κ1) is 15.3. The predicted octanol–water partition coefficient (Wildman–Crippen LogP) is 4.65. The number of anilines is 1. The molecule has 25 heavy (non-hydrogen) atoms. The highest BCUT2D eigenvalue weighted by atomic mass is 15.1. The normalized spacial score (nSPS) is 14.3. The summed E-state index contributed by atoms with van der Waals surface area (Å²) in [4.78, 5) is 13.9. The highest BCUT2D eigenvalue weighted by molar-refractivity contribution is 6.25. The molecular weight excluding hydrogens is 308 g/mol. The molecule has 1 aromatic heterocycles. The lowest BCUT2D eigenvalue weighted by Crippen LogP contribution is -2.12. The monoisotopic (exact) mass is 326 g/mol. The smallest absolute Gasteiger partial charge is 0.164 e. The van der Waals surface area contributed by atoms with Crippen molar-refractivity contribution in [2.75, 3.05) is 5.32 Å². The fourth-order valence-electron chi connectivity index (χ4n) is 2.68. The van der Waals surface area contributed by atoms with Crippen LogP contribution < -0.4 is 5.32 Å². The molecule has 122 valence electrons. The Morgan fingerprint density at radius 3 is 2.24 bits per heavy atom. The molecule has 0 radical (unpaired) electrons. The number of benzene rings is 2. The van der Waals surface area contributed by atoms with E-state index in [1.54, 1.807) is 6.20 Å². The van der Waals surface area contributed by atoms with E-state index in [4.69, 9.17) is 4.99 Å². The number of nitrogens with zero attached hydrogens (tertiary/aromatic N) is 3. The van der Waals surface area contributed by atoms with Crippen molar-refractivity contribution in [1.82, 2.24) is 4.98 Å². The van der Waals surface area contributed by atoms with Gasteiger partial charge in [-0.3, -0.25) is 4.98 Å². The number of rotatable bonds is 2. The highest BCUT2D eigenvalue weighted by Crippen LogP contribution is 2.23. The van der Waals surface area contributed by atoms with Gasteiger partial charge in [0.25, 0.3) is 0 Å². The van der Waals surface area contributed by atoms with Gasteiger partial charge < -0.3 is 5.32 Å². The van der Waals surface area contributed by atoms with Crippen molar-refractivity contribution in [3.8, 4) is 0 Å². The zero-order valence-electron chi connectivity index (χ0n) is 14.2. The number of aromatic nitrogens is 1. The Morgan fingerprint density at radius 2 is 1.52 bits per heavy atom. The third-order valence-corrected chi connectivity index (χ3v) is 4.07. The van der Waals surface area contributed by atoms with Crippen LogP contribution in [0.3, 0.4) is 0 Å². The molecule has 1 N–H and O–H groups in total. The van der Waals surface area contributed by atoms with Crippen molar-refractivity contribution >= 4 is 23.0 Å². The average molecular weight is 326 g/mol. The molecule has 0 saturated carbocycles. The van der Waals surface area contributed by atoms with Crippen molar-refractivity contribution in [2.45, 2.75) is 13.8 Å². The van der Waals surface area contributed by atoms with E-state index in [1.807, 2.05) is 48.5 Å². The minimum atomic E-state index is 0.682. The molecule has 0 amide bonds. The number of nitrogens with one attached hydrogen (secondary N) is 1. The molecule has 0 bridgehead atoms. The van der Waals surface area contributed by atoms with Gasteiger partial charge >= 0.3 is 0 Å². The number of aryl methyl sites for hydroxylation is 2. The molecule has 4 rings (SSSR count). The summed E-state index contributed by atoms with van der Waals surface area (Å²) in [5.74, 6) is 1.41. The van der Waals surface area contributed by atoms with E-state index in [2.05, 4.69) is 41.3 Å². The Balaban J connectivity index is 1.71. The summed E-state index contributed by atoms with van der Waals surface area (Å²) in [6, 6.07) is 20.2. The van der Waals surface area contributed by atoms with Gasteiger partial charge in [-0.2, -0.15) is 0 Å². The standard InChI is InChI=1S/C21H18N4/c1-14-5-9-16(10-6-14)23-20-18-4-3-13-22-19(18)21(25-20)24-17-11-7-15(2)8-12-17/h3-13H,1-2H3,(H,23,24,25). The van der Waals surface area contributed by atoms with Gasteiger partial charge in [-0.25, -0.2) is 9.98 Å². The molecule has 4 heteroatoms. The van der Waals surface area contributed by atoms with Gasteiger partial charge in [0.1, 0.15) is 5.69 Å². The topological polar surface area (TPSA) is 49.6 Å². The summed E-state index contributed by atoms with van der Waals surface area (Å²) in [6.07, 6.45) is 1.78. The SMILES string of the molecule is Cc1ccc(N=C2N=C(Nc3ccc(C)cc3)c3ncccc32)cc1. The molecule has 0 aliphatic carbocycles. The second-order valence-corrected chi connectivity index (χ2v) is 6.12. The third kappa shape index (κ3) is 3.19. The molecule has 0 fully saturated rings. The van der Waals surface area contributed by atoms with Gasteiger partial charge in [0.05, 0.1) is 5.69 Å². The number of hydrogen-bond donors (Lipinski definition) is 1. The van der Waals surface area contributed by atoms with Crippen LogP contribution in [-0.2, 0) is 0 Å². The first-order valence-corrected chi connectivity index (χ1v) is 8.22. The zero-order valence-corrected chi connectivity index (χ0v) is 14.2. The lowest BCUT2D eigenvalue weighted by Gasteiger charge is -2.06. The second kappa shape index (κ2) is 6.32. The maximum atomic E-state index is 4.70. The quantitative estimate of drug-likeness (QED) is 0.745. The minimum absolute atomic E-state index is 0.682. The molecule has 3 aromatic rings. The van der Waals surface area contributed by atoms with Crippen molar-refractivity contribution in [3.05, 3.63) is 89.2 Å². The molecule has 1 aliphatic heterocycles. The first-order chi connectivity index (χ1) is 12.2. The fraction of sp³-hybridized carbons (Fsp3) is 0.0952. The molecule has 0 atom stereocenters. The molecule has 0 unspecified atom stereocenters. The van der Waals surface area contributed by atoms with Crippen LogP contribution in [-0.4, -0.2) is 16.7 Å². The number of amidine groups is 2. The summed E-state index contributed by atoms with van der Waals surface area (Å²) in [7, 11) is 0. The molecule has 2 aromatic carbocycles. The predicted molar refractivity (Wildman–Crippen MR) is 103 cm³/mol. The molecule has 0 saturated heterocycles. The number of fused-ring (bicyclic) bond motifs is 1. The highest BCUT2D eigenvalue weighted by Gasteiger charge is 2.23. The van der Waals surface area contributed by atoms with E-state index in [9.17, 15) is 0 Å². The molecular formula is C21H18N4. The number of pyridine rings is 1. The summed E-state index contributed by atoms with van der Waals surface area (Å²) >= 11 is 0. The van der Waals surface area contributed by atoms with Gasteiger partial charge in [0, 0.05) is 17.4 Å². The van der Waals surface area contributed by atoms with E-state index in [1.165, 1.54) is 11.1 Å². The maximum absolute atomic E-state index is 4.70.